The number of hydrogen-bond acceptors (Lipinski definition) is 5. The number of hydrogen-bond donors (Lipinski definition) is 2. The molecule has 0 unspecified atom stereocenters. The summed E-state index contributed by atoms with van der Waals surface area (Å²) in [5.74, 6) is -0.675. The van der Waals surface area contributed by atoms with Gasteiger partial charge in [0.05, 0.1) is 23.6 Å². The molecule has 2 N–H and O–H groups in total. The van der Waals surface area contributed by atoms with Gasteiger partial charge in [-0.1, -0.05) is 0 Å². The third kappa shape index (κ3) is 5.71. The number of aryl methyl sites for hydroxylation is 2. The van der Waals surface area contributed by atoms with Crippen molar-refractivity contribution in [2.24, 2.45) is 13.0 Å². The van der Waals surface area contributed by atoms with Gasteiger partial charge in [0, 0.05) is 26.1 Å². The highest BCUT2D eigenvalue weighted by Gasteiger charge is 2.30. The number of piperidine rings is 1. The Balaban J connectivity index is 1.77. The van der Waals surface area contributed by atoms with Crippen LogP contribution in [0.15, 0.2) is 0 Å². The van der Waals surface area contributed by atoms with Crippen LogP contribution in [-0.2, 0) is 21.4 Å². The SMILES string of the molecule is Cc1nn(C)c(C)c1NC(=O)CNC(=O)C1CCN(C(=O)OC(C)(C)C)CC1. The average Bonchev–Trinajstić information content (AvgIpc) is 2.84. The van der Waals surface area contributed by atoms with Gasteiger partial charge in [-0.05, 0) is 47.5 Å². The third-order valence-corrected chi connectivity index (χ3v) is 4.71. The van der Waals surface area contributed by atoms with Crippen molar-refractivity contribution in [3.63, 3.8) is 0 Å². The monoisotopic (exact) mass is 393 g/mol. The Bertz CT molecular complexity index is 742. The number of amides is 3. The lowest BCUT2D eigenvalue weighted by molar-refractivity contribution is -0.128. The van der Waals surface area contributed by atoms with Gasteiger partial charge >= 0.3 is 6.09 Å². The van der Waals surface area contributed by atoms with Gasteiger partial charge in [-0.15, -0.1) is 0 Å². The Morgan fingerprint density at radius 2 is 1.79 bits per heavy atom. The van der Waals surface area contributed by atoms with Crippen LogP contribution in [0.1, 0.15) is 45.0 Å². The van der Waals surface area contributed by atoms with Crippen molar-refractivity contribution in [3.05, 3.63) is 11.4 Å². The minimum Gasteiger partial charge on any atom is -0.444 e. The summed E-state index contributed by atoms with van der Waals surface area (Å²) >= 11 is 0. The predicted octanol–water partition coefficient (Wildman–Crippen LogP) is 1.74. The summed E-state index contributed by atoms with van der Waals surface area (Å²) < 4.78 is 7.05. The Labute approximate surface area is 165 Å². The molecule has 0 aliphatic carbocycles. The third-order valence-electron chi connectivity index (χ3n) is 4.71. The highest BCUT2D eigenvalue weighted by Crippen LogP contribution is 2.20. The molecule has 1 aromatic rings. The van der Waals surface area contributed by atoms with Crippen LogP contribution in [0.25, 0.3) is 0 Å². The van der Waals surface area contributed by atoms with Crippen LogP contribution < -0.4 is 10.6 Å². The molecule has 0 atom stereocenters. The van der Waals surface area contributed by atoms with E-state index in [1.165, 1.54) is 0 Å². The van der Waals surface area contributed by atoms with E-state index in [-0.39, 0.29) is 30.4 Å². The number of rotatable bonds is 4. The molecule has 1 aliphatic rings. The van der Waals surface area contributed by atoms with Gasteiger partial charge in [0.2, 0.25) is 11.8 Å². The molecule has 1 saturated heterocycles. The molecule has 0 aromatic carbocycles. The molecule has 0 radical (unpaired) electrons. The summed E-state index contributed by atoms with van der Waals surface area (Å²) in [6.45, 7) is 9.99. The van der Waals surface area contributed by atoms with E-state index >= 15 is 0 Å². The first-order valence-electron chi connectivity index (χ1n) is 9.53. The van der Waals surface area contributed by atoms with Crippen molar-refractivity contribution in [1.29, 1.82) is 0 Å². The smallest absolute Gasteiger partial charge is 0.410 e. The zero-order valence-electron chi connectivity index (χ0n) is 17.6. The Hall–Kier alpha value is -2.58. The minimum atomic E-state index is -0.538. The zero-order chi connectivity index (χ0) is 21.1. The van der Waals surface area contributed by atoms with Crippen LogP contribution in [-0.4, -0.2) is 57.8 Å². The number of likely N-dealkylation sites (tertiary alicyclic amines) is 1. The van der Waals surface area contributed by atoms with Crippen LogP contribution in [0.5, 0.6) is 0 Å². The molecule has 9 nitrogen and oxygen atoms in total. The number of nitrogens with zero attached hydrogens (tertiary/aromatic N) is 3. The van der Waals surface area contributed by atoms with Crippen molar-refractivity contribution in [2.75, 3.05) is 25.0 Å². The van der Waals surface area contributed by atoms with Crippen LogP contribution in [0, 0.1) is 19.8 Å². The normalized spacial score (nSPS) is 15.3. The lowest BCUT2D eigenvalue weighted by Crippen LogP contribution is -2.45. The largest absolute Gasteiger partial charge is 0.444 e. The quantitative estimate of drug-likeness (QED) is 0.811. The van der Waals surface area contributed by atoms with E-state index in [4.69, 9.17) is 4.74 Å². The topological polar surface area (TPSA) is 106 Å². The fraction of sp³-hybridized carbons (Fsp3) is 0.684. The molecule has 0 bridgehead atoms. The predicted molar refractivity (Wildman–Crippen MR) is 105 cm³/mol. The second kappa shape index (κ2) is 8.62. The summed E-state index contributed by atoms with van der Waals surface area (Å²) in [5.41, 5.74) is 1.72. The van der Waals surface area contributed by atoms with Crippen molar-refractivity contribution >= 4 is 23.6 Å². The maximum Gasteiger partial charge on any atom is 0.410 e. The van der Waals surface area contributed by atoms with Crippen LogP contribution in [0.3, 0.4) is 0 Å². The molecular formula is C19H31N5O4. The Kier molecular flexibility index (Phi) is 6.69. The van der Waals surface area contributed by atoms with Gasteiger partial charge in [-0.25, -0.2) is 4.79 Å². The summed E-state index contributed by atoms with van der Waals surface area (Å²) in [5, 5.41) is 9.73. The molecule has 1 fully saturated rings. The average molecular weight is 393 g/mol. The Morgan fingerprint density at radius 3 is 2.29 bits per heavy atom. The molecule has 9 heteroatoms. The summed E-state index contributed by atoms with van der Waals surface area (Å²) in [7, 11) is 1.81. The summed E-state index contributed by atoms with van der Waals surface area (Å²) in [4.78, 5) is 38.2. The van der Waals surface area contributed by atoms with Gasteiger partial charge in [-0.3, -0.25) is 14.3 Å². The van der Waals surface area contributed by atoms with Crippen LogP contribution >= 0.6 is 0 Å². The molecule has 28 heavy (non-hydrogen) atoms. The van der Waals surface area contributed by atoms with E-state index in [2.05, 4.69) is 15.7 Å². The maximum absolute atomic E-state index is 12.4. The van der Waals surface area contributed by atoms with E-state index in [1.54, 1.807) is 9.58 Å². The van der Waals surface area contributed by atoms with E-state index in [9.17, 15) is 14.4 Å². The highest BCUT2D eigenvalue weighted by atomic mass is 16.6. The number of nitrogens with one attached hydrogen (secondary N) is 2. The molecule has 0 saturated carbocycles. The standard InChI is InChI=1S/C19H31N5O4/c1-12-16(13(2)23(6)22-12)21-15(25)11-20-17(26)14-7-9-24(10-8-14)18(27)28-19(3,4)5/h14H,7-11H2,1-6H3,(H,20,26)(H,21,25). The summed E-state index contributed by atoms with van der Waals surface area (Å²) in [6.07, 6.45) is 0.744. The molecular weight excluding hydrogens is 362 g/mol. The van der Waals surface area contributed by atoms with Gasteiger partial charge in [0.1, 0.15) is 5.60 Å². The van der Waals surface area contributed by atoms with Crippen molar-refractivity contribution in [2.45, 2.75) is 53.1 Å². The van der Waals surface area contributed by atoms with Crippen molar-refractivity contribution in [1.82, 2.24) is 20.0 Å². The number of carbonyl (C=O) groups excluding carboxylic acids is 3. The zero-order valence-corrected chi connectivity index (χ0v) is 17.6. The molecule has 1 aromatic heterocycles. The van der Waals surface area contributed by atoms with E-state index in [0.29, 0.717) is 31.6 Å². The summed E-state index contributed by atoms with van der Waals surface area (Å²) in [6, 6.07) is 0. The lowest BCUT2D eigenvalue weighted by atomic mass is 9.96. The number of aromatic nitrogens is 2. The first-order valence-corrected chi connectivity index (χ1v) is 9.53. The second-order valence-corrected chi connectivity index (χ2v) is 8.18. The van der Waals surface area contributed by atoms with E-state index < -0.39 is 5.60 Å². The Morgan fingerprint density at radius 1 is 1.18 bits per heavy atom. The van der Waals surface area contributed by atoms with Gasteiger partial charge in [0.15, 0.2) is 0 Å². The molecule has 0 spiro atoms. The molecule has 2 heterocycles. The molecule has 1 aliphatic heterocycles. The van der Waals surface area contributed by atoms with Crippen LogP contribution in [0.4, 0.5) is 10.5 Å². The highest BCUT2D eigenvalue weighted by molar-refractivity contribution is 5.95. The number of ether oxygens (including phenoxy) is 1. The van der Waals surface area contributed by atoms with E-state index in [0.717, 1.165) is 11.4 Å². The van der Waals surface area contributed by atoms with Gasteiger partial charge < -0.3 is 20.3 Å². The number of carbonyl (C=O) groups is 3. The first-order chi connectivity index (χ1) is 13.0. The molecule has 156 valence electrons. The van der Waals surface area contributed by atoms with Crippen molar-refractivity contribution in [3.8, 4) is 0 Å². The van der Waals surface area contributed by atoms with Crippen LogP contribution in [0.2, 0.25) is 0 Å². The van der Waals surface area contributed by atoms with Crippen molar-refractivity contribution < 1.29 is 19.1 Å². The lowest BCUT2D eigenvalue weighted by Gasteiger charge is -2.32. The minimum absolute atomic E-state index is 0.0983. The fourth-order valence-electron chi connectivity index (χ4n) is 3.10. The molecule has 3 amide bonds. The van der Waals surface area contributed by atoms with Gasteiger partial charge in [0.25, 0.3) is 0 Å². The maximum atomic E-state index is 12.4. The second-order valence-electron chi connectivity index (χ2n) is 8.18. The fourth-order valence-corrected chi connectivity index (χ4v) is 3.10. The van der Waals surface area contributed by atoms with Gasteiger partial charge in [-0.2, -0.15) is 5.10 Å². The number of anilines is 1. The van der Waals surface area contributed by atoms with E-state index in [1.807, 2.05) is 41.7 Å². The first kappa shape index (κ1) is 21.7. The molecule has 2 rings (SSSR count).